The summed E-state index contributed by atoms with van der Waals surface area (Å²) in [5.41, 5.74) is 0.753. The molecule has 1 unspecified atom stereocenters. The van der Waals surface area contributed by atoms with Crippen molar-refractivity contribution in [3.63, 3.8) is 0 Å². The molecule has 1 aliphatic heterocycles. The SMILES string of the molecule is N#CCOc1ccc(NC(=O)CC2CCCNC2)cc1. The van der Waals surface area contributed by atoms with Crippen LogP contribution >= 0.6 is 0 Å². The molecule has 0 radical (unpaired) electrons. The van der Waals surface area contributed by atoms with E-state index in [2.05, 4.69) is 10.6 Å². The number of nitrogens with one attached hydrogen (secondary N) is 2. The summed E-state index contributed by atoms with van der Waals surface area (Å²) >= 11 is 0. The van der Waals surface area contributed by atoms with Crippen molar-refractivity contribution in [3.8, 4) is 11.8 Å². The highest BCUT2D eigenvalue weighted by molar-refractivity contribution is 5.90. The summed E-state index contributed by atoms with van der Waals surface area (Å²) in [6, 6.07) is 8.96. The monoisotopic (exact) mass is 273 g/mol. The summed E-state index contributed by atoms with van der Waals surface area (Å²) < 4.78 is 5.15. The minimum absolute atomic E-state index is 0.0282. The van der Waals surface area contributed by atoms with Gasteiger partial charge in [0.15, 0.2) is 6.61 Å². The van der Waals surface area contributed by atoms with Crippen molar-refractivity contribution in [3.05, 3.63) is 24.3 Å². The molecule has 20 heavy (non-hydrogen) atoms. The summed E-state index contributed by atoms with van der Waals surface area (Å²) in [7, 11) is 0. The second-order valence-corrected chi connectivity index (χ2v) is 4.94. The largest absolute Gasteiger partial charge is 0.479 e. The number of nitriles is 1. The predicted molar refractivity (Wildman–Crippen MR) is 76.4 cm³/mol. The average Bonchev–Trinajstić information content (AvgIpc) is 2.47. The van der Waals surface area contributed by atoms with Crippen molar-refractivity contribution in [2.45, 2.75) is 19.3 Å². The van der Waals surface area contributed by atoms with Crippen molar-refractivity contribution in [1.29, 1.82) is 5.26 Å². The molecule has 2 rings (SSSR count). The van der Waals surface area contributed by atoms with Crippen LogP contribution in [0.15, 0.2) is 24.3 Å². The number of rotatable bonds is 5. The molecular formula is C15H19N3O2. The first-order chi connectivity index (χ1) is 9.78. The number of hydrogen-bond donors (Lipinski definition) is 2. The third kappa shape index (κ3) is 4.56. The lowest BCUT2D eigenvalue weighted by molar-refractivity contribution is -0.117. The van der Waals surface area contributed by atoms with Crippen LogP contribution < -0.4 is 15.4 Å². The van der Waals surface area contributed by atoms with Gasteiger partial charge in [0.2, 0.25) is 5.91 Å². The molecule has 0 aliphatic carbocycles. The van der Waals surface area contributed by atoms with Gasteiger partial charge in [0, 0.05) is 12.1 Å². The van der Waals surface area contributed by atoms with Crippen LogP contribution in [0.1, 0.15) is 19.3 Å². The zero-order valence-corrected chi connectivity index (χ0v) is 11.4. The predicted octanol–water partition coefficient (Wildman–Crippen LogP) is 1.92. The van der Waals surface area contributed by atoms with Gasteiger partial charge < -0.3 is 15.4 Å². The highest BCUT2D eigenvalue weighted by Crippen LogP contribution is 2.18. The number of nitrogens with zero attached hydrogens (tertiary/aromatic N) is 1. The molecule has 106 valence electrons. The third-order valence-electron chi connectivity index (χ3n) is 3.31. The molecular weight excluding hydrogens is 254 g/mol. The maximum Gasteiger partial charge on any atom is 0.224 e. The zero-order chi connectivity index (χ0) is 14.2. The van der Waals surface area contributed by atoms with Gasteiger partial charge in [0.1, 0.15) is 11.8 Å². The van der Waals surface area contributed by atoms with E-state index >= 15 is 0 Å². The van der Waals surface area contributed by atoms with Crippen molar-refractivity contribution >= 4 is 11.6 Å². The van der Waals surface area contributed by atoms with Crippen molar-refractivity contribution < 1.29 is 9.53 Å². The third-order valence-corrected chi connectivity index (χ3v) is 3.31. The quantitative estimate of drug-likeness (QED) is 0.859. The van der Waals surface area contributed by atoms with Crippen molar-refractivity contribution in [2.24, 2.45) is 5.92 Å². The highest BCUT2D eigenvalue weighted by Gasteiger charge is 2.16. The molecule has 1 saturated heterocycles. The van der Waals surface area contributed by atoms with E-state index < -0.39 is 0 Å². The van der Waals surface area contributed by atoms with Crippen LogP contribution in [0, 0.1) is 17.2 Å². The molecule has 5 nitrogen and oxygen atoms in total. The van der Waals surface area contributed by atoms with Gasteiger partial charge in [-0.25, -0.2) is 0 Å². The summed E-state index contributed by atoms with van der Waals surface area (Å²) in [4.78, 5) is 11.9. The minimum atomic E-state index is 0.0282. The molecule has 5 heteroatoms. The van der Waals surface area contributed by atoms with E-state index in [1.807, 2.05) is 6.07 Å². The maximum atomic E-state index is 11.9. The number of anilines is 1. The van der Waals surface area contributed by atoms with Crippen LogP contribution in [0.25, 0.3) is 0 Å². The lowest BCUT2D eigenvalue weighted by atomic mass is 9.96. The van der Waals surface area contributed by atoms with Gasteiger partial charge in [-0.05, 0) is 56.1 Å². The standard InChI is InChI=1S/C15H19N3O2/c16-7-9-20-14-5-3-13(4-6-14)18-15(19)10-12-2-1-8-17-11-12/h3-6,12,17H,1-2,8-11H2,(H,18,19). The van der Waals surface area contributed by atoms with E-state index in [0.29, 0.717) is 18.1 Å². The smallest absolute Gasteiger partial charge is 0.224 e. The molecule has 0 aromatic heterocycles. The summed E-state index contributed by atoms with van der Waals surface area (Å²) in [5, 5.41) is 14.6. The fraction of sp³-hybridized carbons (Fsp3) is 0.467. The molecule has 1 atom stereocenters. The van der Waals surface area contributed by atoms with Crippen LogP contribution in [0.4, 0.5) is 5.69 Å². The second-order valence-electron chi connectivity index (χ2n) is 4.94. The van der Waals surface area contributed by atoms with Crippen LogP contribution in [-0.4, -0.2) is 25.6 Å². The Labute approximate surface area is 118 Å². The van der Waals surface area contributed by atoms with E-state index in [1.54, 1.807) is 24.3 Å². The van der Waals surface area contributed by atoms with E-state index in [1.165, 1.54) is 0 Å². The van der Waals surface area contributed by atoms with Gasteiger partial charge in [-0.3, -0.25) is 4.79 Å². The molecule has 1 aliphatic rings. The summed E-state index contributed by atoms with van der Waals surface area (Å²) in [6.07, 6.45) is 2.81. The molecule has 1 fully saturated rings. The van der Waals surface area contributed by atoms with Crippen LogP contribution in [-0.2, 0) is 4.79 Å². The van der Waals surface area contributed by atoms with Crippen LogP contribution in [0.3, 0.4) is 0 Å². The van der Waals surface area contributed by atoms with E-state index in [4.69, 9.17) is 10.00 Å². The molecule has 1 aromatic carbocycles. The number of hydrogen-bond acceptors (Lipinski definition) is 4. The number of carbonyl (C=O) groups excluding carboxylic acids is 1. The molecule has 0 saturated carbocycles. The zero-order valence-electron chi connectivity index (χ0n) is 11.4. The van der Waals surface area contributed by atoms with E-state index in [9.17, 15) is 4.79 Å². The molecule has 1 aromatic rings. The minimum Gasteiger partial charge on any atom is -0.479 e. The summed E-state index contributed by atoms with van der Waals surface area (Å²) in [5.74, 6) is 1.10. The number of piperidine rings is 1. The van der Waals surface area contributed by atoms with Gasteiger partial charge in [-0.1, -0.05) is 0 Å². The lowest BCUT2D eigenvalue weighted by Gasteiger charge is -2.22. The van der Waals surface area contributed by atoms with Gasteiger partial charge in [-0.15, -0.1) is 0 Å². The molecule has 2 N–H and O–H groups in total. The van der Waals surface area contributed by atoms with Crippen molar-refractivity contribution in [1.82, 2.24) is 5.32 Å². The van der Waals surface area contributed by atoms with Gasteiger partial charge in [0.05, 0.1) is 0 Å². The van der Waals surface area contributed by atoms with Gasteiger partial charge in [-0.2, -0.15) is 5.26 Å². The highest BCUT2D eigenvalue weighted by atomic mass is 16.5. The lowest BCUT2D eigenvalue weighted by Crippen LogP contribution is -2.32. The Bertz CT molecular complexity index is 473. The number of amides is 1. The number of benzene rings is 1. The normalized spacial score (nSPS) is 18.1. The number of carbonyl (C=O) groups is 1. The van der Waals surface area contributed by atoms with Crippen LogP contribution in [0.2, 0.25) is 0 Å². The Morgan fingerprint density at radius 3 is 2.90 bits per heavy atom. The first kappa shape index (κ1) is 14.4. The molecule has 0 spiro atoms. The Balaban J connectivity index is 1.80. The Morgan fingerprint density at radius 2 is 2.25 bits per heavy atom. The van der Waals surface area contributed by atoms with Crippen molar-refractivity contribution in [2.75, 3.05) is 25.0 Å². The Hall–Kier alpha value is -2.06. The fourth-order valence-electron chi connectivity index (χ4n) is 2.32. The Kier molecular flexibility index (Phi) is 5.39. The van der Waals surface area contributed by atoms with Crippen LogP contribution in [0.5, 0.6) is 5.75 Å². The van der Waals surface area contributed by atoms with Gasteiger partial charge >= 0.3 is 0 Å². The van der Waals surface area contributed by atoms with E-state index in [-0.39, 0.29) is 12.5 Å². The molecule has 0 bridgehead atoms. The summed E-state index contributed by atoms with van der Waals surface area (Å²) in [6.45, 7) is 2.01. The first-order valence-electron chi connectivity index (χ1n) is 6.88. The van der Waals surface area contributed by atoms with Gasteiger partial charge in [0.25, 0.3) is 0 Å². The fourth-order valence-corrected chi connectivity index (χ4v) is 2.32. The Morgan fingerprint density at radius 1 is 1.45 bits per heavy atom. The average molecular weight is 273 g/mol. The molecule has 1 heterocycles. The topological polar surface area (TPSA) is 74.1 Å². The second kappa shape index (κ2) is 7.51. The first-order valence-corrected chi connectivity index (χ1v) is 6.88. The van der Waals surface area contributed by atoms with E-state index in [0.717, 1.165) is 31.6 Å². The maximum absolute atomic E-state index is 11.9. The molecule has 1 amide bonds. The number of ether oxygens (including phenoxy) is 1.